The van der Waals surface area contributed by atoms with Crippen molar-refractivity contribution >= 4 is 5.69 Å². The summed E-state index contributed by atoms with van der Waals surface area (Å²) in [4.78, 5) is 2.10. The van der Waals surface area contributed by atoms with Crippen molar-refractivity contribution in [2.45, 2.75) is 6.18 Å². The number of halogens is 3. The van der Waals surface area contributed by atoms with E-state index < -0.39 is 11.7 Å². The molecule has 4 nitrogen and oxygen atoms in total. The molecule has 0 saturated carbocycles. The van der Waals surface area contributed by atoms with Gasteiger partial charge in [-0.2, -0.15) is 13.2 Å². The number of alkyl halides is 3. The third-order valence-electron chi connectivity index (χ3n) is 4.32. The predicted octanol–water partition coefficient (Wildman–Crippen LogP) is 3.40. The van der Waals surface area contributed by atoms with Gasteiger partial charge in [0.25, 0.3) is 0 Å². The molecule has 1 aliphatic heterocycles. The number of rotatable bonds is 4. The Morgan fingerprint density at radius 3 is 2.32 bits per heavy atom. The average molecular weight is 390 g/mol. The lowest BCUT2D eigenvalue weighted by Gasteiger charge is -2.26. The number of nitrogens with two attached hydrogens (primary N) is 1. The largest absolute Gasteiger partial charge is 0.492 e. The first-order valence-electron chi connectivity index (χ1n) is 8.93. The highest BCUT2D eigenvalue weighted by atomic mass is 19.4. The number of ether oxygens (including phenoxy) is 2. The second-order valence-electron chi connectivity index (χ2n) is 6.38. The number of nitrogens with zero attached hydrogens (tertiary/aromatic N) is 1. The van der Waals surface area contributed by atoms with Crippen LogP contribution in [0.5, 0.6) is 5.75 Å². The van der Waals surface area contributed by atoms with Crippen LogP contribution in [0, 0.1) is 11.8 Å². The molecule has 0 atom stereocenters. The molecule has 1 aliphatic rings. The number of nitrogen functional groups attached to an aromatic ring is 1. The molecule has 2 N–H and O–H groups in total. The van der Waals surface area contributed by atoms with Gasteiger partial charge in [-0.1, -0.05) is 11.8 Å². The third kappa shape index (κ3) is 5.65. The Kier molecular flexibility index (Phi) is 6.45. The fourth-order valence-corrected chi connectivity index (χ4v) is 2.78. The van der Waals surface area contributed by atoms with Gasteiger partial charge in [0.05, 0.1) is 18.8 Å². The van der Waals surface area contributed by atoms with E-state index in [0.29, 0.717) is 31.0 Å². The summed E-state index contributed by atoms with van der Waals surface area (Å²) in [6.07, 6.45) is -4.52. The van der Waals surface area contributed by atoms with Gasteiger partial charge in [0.15, 0.2) is 0 Å². The fourth-order valence-electron chi connectivity index (χ4n) is 2.78. The maximum absolute atomic E-state index is 13.4. The third-order valence-corrected chi connectivity index (χ3v) is 4.32. The fraction of sp³-hybridized carbons (Fsp3) is 0.333. The number of morpholine rings is 1. The maximum atomic E-state index is 13.4. The van der Waals surface area contributed by atoms with Gasteiger partial charge in [0, 0.05) is 36.4 Å². The lowest BCUT2D eigenvalue weighted by molar-refractivity contribution is -0.139. The van der Waals surface area contributed by atoms with Gasteiger partial charge < -0.3 is 15.2 Å². The molecule has 2 aromatic carbocycles. The molecule has 1 fully saturated rings. The van der Waals surface area contributed by atoms with Crippen molar-refractivity contribution in [3.8, 4) is 17.6 Å². The van der Waals surface area contributed by atoms with Crippen LogP contribution in [-0.2, 0) is 10.9 Å². The van der Waals surface area contributed by atoms with Crippen LogP contribution >= 0.6 is 0 Å². The van der Waals surface area contributed by atoms with Crippen LogP contribution in [0.3, 0.4) is 0 Å². The zero-order chi connectivity index (χ0) is 20.0. The van der Waals surface area contributed by atoms with Crippen LogP contribution in [0.1, 0.15) is 16.7 Å². The van der Waals surface area contributed by atoms with E-state index in [0.717, 1.165) is 19.2 Å². The van der Waals surface area contributed by atoms with E-state index in [-0.39, 0.29) is 17.9 Å². The smallest absolute Gasteiger partial charge is 0.420 e. The second-order valence-corrected chi connectivity index (χ2v) is 6.38. The summed E-state index contributed by atoms with van der Waals surface area (Å²) in [7, 11) is 0. The normalized spacial score (nSPS) is 15.0. The molecule has 0 amide bonds. The minimum atomic E-state index is -4.52. The van der Waals surface area contributed by atoms with Crippen LogP contribution in [0.4, 0.5) is 18.9 Å². The van der Waals surface area contributed by atoms with Crippen LogP contribution < -0.4 is 10.5 Å². The van der Waals surface area contributed by atoms with Gasteiger partial charge in [-0.3, -0.25) is 4.90 Å². The Labute approximate surface area is 162 Å². The van der Waals surface area contributed by atoms with Gasteiger partial charge in [0.1, 0.15) is 12.4 Å². The predicted molar refractivity (Wildman–Crippen MR) is 101 cm³/mol. The Bertz CT molecular complexity index is 849. The van der Waals surface area contributed by atoms with E-state index in [1.165, 1.54) is 12.1 Å². The molecule has 1 heterocycles. The van der Waals surface area contributed by atoms with Crippen molar-refractivity contribution in [2.24, 2.45) is 0 Å². The molecule has 148 valence electrons. The highest BCUT2D eigenvalue weighted by Crippen LogP contribution is 2.36. The molecule has 28 heavy (non-hydrogen) atoms. The highest BCUT2D eigenvalue weighted by Gasteiger charge is 2.34. The Hall–Kier alpha value is -2.69. The number of benzene rings is 2. The Balaban J connectivity index is 1.71. The van der Waals surface area contributed by atoms with Gasteiger partial charge in [-0.15, -0.1) is 0 Å². The van der Waals surface area contributed by atoms with E-state index in [1.54, 1.807) is 24.3 Å². The molecular formula is C21H21F3N2O2. The lowest BCUT2D eigenvalue weighted by atomic mass is 10.1. The summed E-state index contributed by atoms with van der Waals surface area (Å²) in [6, 6.07) is 10.7. The van der Waals surface area contributed by atoms with Crippen LogP contribution in [0.15, 0.2) is 42.5 Å². The minimum absolute atomic E-state index is 0.180. The summed E-state index contributed by atoms with van der Waals surface area (Å²) >= 11 is 0. The Morgan fingerprint density at radius 2 is 1.64 bits per heavy atom. The molecule has 3 rings (SSSR count). The zero-order valence-electron chi connectivity index (χ0n) is 15.3. The topological polar surface area (TPSA) is 47.7 Å². The molecule has 0 bridgehead atoms. The standard InChI is InChI=1S/C21H21F3N2O2/c22-21(23,24)19-15-17(2-1-16-3-6-18(25)7-4-16)5-8-20(19)28-14-11-26-9-12-27-13-10-26/h3-8,15H,9-14,25H2. The molecule has 0 aromatic heterocycles. The molecule has 7 heteroatoms. The van der Waals surface area contributed by atoms with Crippen molar-refractivity contribution < 1.29 is 22.6 Å². The summed E-state index contributed by atoms with van der Waals surface area (Å²) < 4.78 is 51.0. The lowest BCUT2D eigenvalue weighted by Crippen LogP contribution is -2.38. The number of hydrogen-bond acceptors (Lipinski definition) is 4. The van der Waals surface area contributed by atoms with Crippen molar-refractivity contribution in [1.82, 2.24) is 4.90 Å². The summed E-state index contributed by atoms with van der Waals surface area (Å²) in [6.45, 7) is 3.52. The second kappa shape index (κ2) is 9.00. The molecule has 0 unspecified atom stereocenters. The van der Waals surface area contributed by atoms with Gasteiger partial charge in [-0.25, -0.2) is 0 Å². The molecule has 2 aromatic rings. The number of anilines is 1. The first-order valence-corrected chi connectivity index (χ1v) is 8.93. The first-order chi connectivity index (χ1) is 13.4. The van der Waals surface area contributed by atoms with Crippen molar-refractivity contribution in [2.75, 3.05) is 45.2 Å². The number of hydrogen-bond donors (Lipinski definition) is 1. The van der Waals surface area contributed by atoms with Gasteiger partial charge >= 0.3 is 6.18 Å². The molecule has 0 radical (unpaired) electrons. The quantitative estimate of drug-likeness (QED) is 0.642. The summed E-state index contributed by atoms with van der Waals surface area (Å²) in [5.74, 6) is 5.42. The van der Waals surface area contributed by atoms with Crippen LogP contribution in [0.2, 0.25) is 0 Å². The SMILES string of the molecule is Nc1ccc(C#Cc2ccc(OCCN3CCOCC3)c(C(F)(F)F)c2)cc1. The Morgan fingerprint density at radius 1 is 1.00 bits per heavy atom. The van der Waals surface area contributed by atoms with Crippen molar-refractivity contribution in [3.05, 3.63) is 59.2 Å². The first kappa shape index (κ1) is 20.1. The zero-order valence-corrected chi connectivity index (χ0v) is 15.3. The molecular weight excluding hydrogens is 369 g/mol. The summed E-state index contributed by atoms with van der Waals surface area (Å²) in [5, 5.41) is 0. The van der Waals surface area contributed by atoms with E-state index in [4.69, 9.17) is 15.2 Å². The summed E-state index contributed by atoms with van der Waals surface area (Å²) in [5.41, 5.74) is 6.33. The van der Waals surface area contributed by atoms with E-state index >= 15 is 0 Å². The monoisotopic (exact) mass is 390 g/mol. The highest BCUT2D eigenvalue weighted by molar-refractivity contribution is 5.50. The van der Waals surface area contributed by atoms with Crippen molar-refractivity contribution in [3.63, 3.8) is 0 Å². The molecule has 0 aliphatic carbocycles. The molecule has 0 spiro atoms. The van der Waals surface area contributed by atoms with Gasteiger partial charge in [-0.05, 0) is 42.5 Å². The minimum Gasteiger partial charge on any atom is -0.492 e. The van der Waals surface area contributed by atoms with E-state index in [9.17, 15) is 13.2 Å². The van der Waals surface area contributed by atoms with Gasteiger partial charge in [0.2, 0.25) is 0 Å². The van der Waals surface area contributed by atoms with Crippen LogP contribution in [0.25, 0.3) is 0 Å². The van der Waals surface area contributed by atoms with Crippen molar-refractivity contribution in [1.29, 1.82) is 0 Å². The van der Waals surface area contributed by atoms with Crippen LogP contribution in [-0.4, -0.2) is 44.4 Å². The molecule has 1 saturated heterocycles. The maximum Gasteiger partial charge on any atom is 0.420 e. The van der Waals surface area contributed by atoms with E-state index in [1.807, 2.05) is 0 Å². The average Bonchev–Trinajstić information content (AvgIpc) is 2.68. The van der Waals surface area contributed by atoms with E-state index in [2.05, 4.69) is 16.7 Å².